The monoisotopic (exact) mass is 293 g/mol. The van der Waals surface area contributed by atoms with Crippen LogP contribution in [0, 0.1) is 16.0 Å². The fourth-order valence-electron chi connectivity index (χ4n) is 2.79. The number of carboxylic acids is 1. The van der Waals surface area contributed by atoms with Crippen molar-refractivity contribution in [3.05, 3.63) is 27.9 Å². The quantitative estimate of drug-likeness (QED) is 0.638. The Kier molecular flexibility index (Phi) is 4.72. The molecular formula is C14H19N3O4. The molecule has 114 valence electrons. The van der Waals surface area contributed by atoms with Crippen LogP contribution in [0.15, 0.2) is 12.3 Å². The fourth-order valence-corrected chi connectivity index (χ4v) is 2.79. The molecule has 1 saturated carbocycles. The number of pyridine rings is 1. The van der Waals surface area contributed by atoms with Crippen molar-refractivity contribution in [2.75, 3.05) is 5.32 Å². The summed E-state index contributed by atoms with van der Waals surface area (Å²) in [7, 11) is 0. The molecule has 1 unspecified atom stereocenters. The third-order valence-electron chi connectivity index (χ3n) is 4.03. The van der Waals surface area contributed by atoms with E-state index in [1.807, 2.05) is 6.92 Å². The second-order valence-corrected chi connectivity index (χ2v) is 5.49. The van der Waals surface area contributed by atoms with E-state index < -0.39 is 10.9 Å². The van der Waals surface area contributed by atoms with Gasteiger partial charge in [-0.1, -0.05) is 19.3 Å². The maximum atomic E-state index is 11.1. The molecule has 0 radical (unpaired) electrons. The molecule has 7 nitrogen and oxygen atoms in total. The summed E-state index contributed by atoms with van der Waals surface area (Å²) >= 11 is 0. The highest BCUT2D eigenvalue weighted by Crippen LogP contribution is 2.30. The van der Waals surface area contributed by atoms with Crippen LogP contribution in [0.4, 0.5) is 11.5 Å². The molecule has 0 aromatic carbocycles. The van der Waals surface area contributed by atoms with Gasteiger partial charge in [-0.3, -0.25) is 10.1 Å². The van der Waals surface area contributed by atoms with Gasteiger partial charge >= 0.3 is 11.7 Å². The van der Waals surface area contributed by atoms with Crippen molar-refractivity contribution in [1.29, 1.82) is 0 Å². The SMILES string of the molecule is CC(Nc1ncc(C(=O)O)cc1[N+](=O)[O-])C1CCCCC1. The molecule has 0 saturated heterocycles. The highest BCUT2D eigenvalue weighted by molar-refractivity contribution is 5.88. The van der Waals surface area contributed by atoms with Gasteiger partial charge in [0.25, 0.3) is 0 Å². The molecule has 1 aliphatic rings. The molecule has 1 atom stereocenters. The summed E-state index contributed by atoms with van der Waals surface area (Å²) < 4.78 is 0. The predicted molar refractivity (Wildman–Crippen MR) is 77.5 cm³/mol. The van der Waals surface area contributed by atoms with Crippen molar-refractivity contribution < 1.29 is 14.8 Å². The van der Waals surface area contributed by atoms with E-state index in [4.69, 9.17) is 5.11 Å². The Morgan fingerprint density at radius 2 is 2.14 bits per heavy atom. The van der Waals surface area contributed by atoms with Crippen molar-refractivity contribution in [3.63, 3.8) is 0 Å². The van der Waals surface area contributed by atoms with Crippen LogP contribution in [0.1, 0.15) is 49.4 Å². The third kappa shape index (κ3) is 3.68. The van der Waals surface area contributed by atoms with Crippen molar-refractivity contribution in [1.82, 2.24) is 4.98 Å². The number of nitro groups is 1. The molecule has 1 heterocycles. The van der Waals surface area contributed by atoms with E-state index in [0.29, 0.717) is 5.92 Å². The molecule has 1 aromatic heterocycles. The fraction of sp³-hybridized carbons (Fsp3) is 0.571. The average molecular weight is 293 g/mol. The van der Waals surface area contributed by atoms with E-state index in [0.717, 1.165) is 25.1 Å². The molecule has 0 bridgehead atoms. The van der Waals surface area contributed by atoms with E-state index >= 15 is 0 Å². The Labute approximate surface area is 122 Å². The van der Waals surface area contributed by atoms with Crippen LogP contribution >= 0.6 is 0 Å². The molecule has 2 rings (SSSR count). The van der Waals surface area contributed by atoms with Crippen LogP contribution in [-0.2, 0) is 0 Å². The zero-order chi connectivity index (χ0) is 15.4. The van der Waals surface area contributed by atoms with Gasteiger partial charge in [-0.05, 0) is 25.7 Å². The minimum Gasteiger partial charge on any atom is -0.478 e. The first kappa shape index (κ1) is 15.2. The van der Waals surface area contributed by atoms with Crippen LogP contribution in [0.3, 0.4) is 0 Å². The zero-order valence-corrected chi connectivity index (χ0v) is 11.9. The van der Waals surface area contributed by atoms with Gasteiger partial charge in [0.15, 0.2) is 0 Å². The van der Waals surface area contributed by atoms with Crippen molar-refractivity contribution in [3.8, 4) is 0 Å². The lowest BCUT2D eigenvalue weighted by Crippen LogP contribution is -2.28. The van der Waals surface area contributed by atoms with Crippen LogP contribution in [0.2, 0.25) is 0 Å². The van der Waals surface area contributed by atoms with Gasteiger partial charge in [-0.2, -0.15) is 0 Å². The van der Waals surface area contributed by atoms with E-state index in [1.165, 1.54) is 19.3 Å². The maximum absolute atomic E-state index is 11.1. The number of aromatic nitrogens is 1. The Balaban J connectivity index is 2.18. The number of hydrogen-bond donors (Lipinski definition) is 2. The number of nitrogens with zero attached hydrogens (tertiary/aromatic N) is 2. The standard InChI is InChI=1S/C14H19N3O4/c1-9(10-5-3-2-4-6-10)16-13-12(17(20)21)7-11(8-15-13)14(18)19/h7-10H,2-6H2,1H3,(H,15,16)(H,18,19). The average Bonchev–Trinajstić information content (AvgIpc) is 2.48. The molecule has 7 heteroatoms. The molecular weight excluding hydrogens is 274 g/mol. The van der Waals surface area contributed by atoms with Gasteiger partial charge in [-0.25, -0.2) is 9.78 Å². The van der Waals surface area contributed by atoms with Crippen LogP contribution in [-0.4, -0.2) is 27.0 Å². The van der Waals surface area contributed by atoms with Crippen molar-refractivity contribution in [2.45, 2.75) is 45.1 Å². The van der Waals surface area contributed by atoms with E-state index in [1.54, 1.807) is 0 Å². The predicted octanol–water partition coefficient (Wildman–Crippen LogP) is 3.07. The van der Waals surface area contributed by atoms with Crippen molar-refractivity contribution >= 4 is 17.5 Å². The second-order valence-electron chi connectivity index (χ2n) is 5.49. The lowest BCUT2D eigenvalue weighted by Gasteiger charge is -2.28. The van der Waals surface area contributed by atoms with Crippen LogP contribution in [0.5, 0.6) is 0 Å². The van der Waals surface area contributed by atoms with E-state index in [2.05, 4.69) is 10.3 Å². The zero-order valence-electron chi connectivity index (χ0n) is 11.9. The minimum absolute atomic E-state index is 0.0761. The molecule has 1 aromatic rings. The molecule has 0 amide bonds. The maximum Gasteiger partial charge on any atom is 0.337 e. The number of hydrogen-bond acceptors (Lipinski definition) is 5. The Morgan fingerprint density at radius 3 is 2.71 bits per heavy atom. The van der Waals surface area contributed by atoms with Crippen molar-refractivity contribution in [2.24, 2.45) is 5.92 Å². The lowest BCUT2D eigenvalue weighted by molar-refractivity contribution is -0.384. The molecule has 1 aliphatic carbocycles. The molecule has 21 heavy (non-hydrogen) atoms. The Morgan fingerprint density at radius 1 is 1.48 bits per heavy atom. The van der Waals surface area contributed by atoms with Crippen LogP contribution < -0.4 is 5.32 Å². The summed E-state index contributed by atoms with van der Waals surface area (Å²) in [6.45, 7) is 1.99. The van der Waals surface area contributed by atoms with Gasteiger partial charge < -0.3 is 10.4 Å². The summed E-state index contributed by atoms with van der Waals surface area (Å²) in [5.74, 6) is -0.611. The molecule has 2 N–H and O–H groups in total. The summed E-state index contributed by atoms with van der Waals surface area (Å²) in [6.07, 6.45) is 6.97. The summed E-state index contributed by atoms with van der Waals surface area (Å²) in [6, 6.07) is 1.12. The Bertz CT molecular complexity index is 541. The minimum atomic E-state index is -1.22. The van der Waals surface area contributed by atoms with E-state index in [9.17, 15) is 14.9 Å². The first-order valence-electron chi connectivity index (χ1n) is 7.13. The van der Waals surface area contributed by atoms with Gasteiger partial charge in [0.2, 0.25) is 5.82 Å². The normalized spacial score (nSPS) is 17.2. The topological polar surface area (TPSA) is 105 Å². The Hall–Kier alpha value is -2.18. The van der Waals surface area contributed by atoms with Gasteiger partial charge in [-0.15, -0.1) is 0 Å². The van der Waals surface area contributed by atoms with E-state index in [-0.39, 0.29) is 23.1 Å². The highest BCUT2D eigenvalue weighted by atomic mass is 16.6. The number of carbonyl (C=O) groups is 1. The third-order valence-corrected chi connectivity index (χ3v) is 4.03. The first-order chi connectivity index (χ1) is 9.99. The largest absolute Gasteiger partial charge is 0.478 e. The second kappa shape index (κ2) is 6.51. The van der Waals surface area contributed by atoms with Gasteiger partial charge in [0.05, 0.1) is 10.5 Å². The molecule has 1 fully saturated rings. The summed E-state index contributed by atoms with van der Waals surface area (Å²) in [4.78, 5) is 25.3. The number of carboxylic acid groups (broad SMARTS) is 1. The summed E-state index contributed by atoms with van der Waals surface area (Å²) in [5.41, 5.74) is -0.477. The molecule has 0 spiro atoms. The first-order valence-corrected chi connectivity index (χ1v) is 7.13. The smallest absolute Gasteiger partial charge is 0.337 e. The number of rotatable bonds is 5. The summed E-state index contributed by atoms with van der Waals surface area (Å²) in [5, 5.41) is 23.1. The number of anilines is 1. The number of nitrogens with one attached hydrogen (secondary N) is 1. The molecule has 0 aliphatic heterocycles. The number of aromatic carboxylic acids is 1. The van der Waals surface area contributed by atoms with Crippen LogP contribution in [0.25, 0.3) is 0 Å². The highest BCUT2D eigenvalue weighted by Gasteiger charge is 2.24. The lowest BCUT2D eigenvalue weighted by atomic mass is 9.84. The van der Waals surface area contributed by atoms with Gasteiger partial charge in [0.1, 0.15) is 0 Å². The van der Waals surface area contributed by atoms with Gasteiger partial charge in [0, 0.05) is 18.3 Å².